The van der Waals surface area contributed by atoms with Crippen LogP contribution in [-0.2, 0) is 20.0 Å². The van der Waals surface area contributed by atoms with Crippen LogP contribution in [0.2, 0.25) is 0 Å². The van der Waals surface area contributed by atoms with Crippen molar-refractivity contribution in [1.82, 2.24) is 19.4 Å². The van der Waals surface area contributed by atoms with Gasteiger partial charge in [-0.15, -0.1) is 0 Å². The number of pyridine rings is 1. The minimum atomic E-state index is -0.0278. The van der Waals surface area contributed by atoms with Gasteiger partial charge in [-0.05, 0) is 69.4 Å². The van der Waals surface area contributed by atoms with Crippen LogP contribution in [0.4, 0.5) is 0 Å². The lowest BCUT2D eigenvalue weighted by molar-refractivity contribution is 0.230. The zero-order chi connectivity index (χ0) is 25.1. The van der Waals surface area contributed by atoms with Crippen LogP contribution >= 0.6 is 0 Å². The molecule has 0 radical (unpaired) electrons. The lowest BCUT2D eigenvalue weighted by atomic mass is 9.95. The number of aryl methyl sites for hydroxylation is 1. The predicted molar refractivity (Wildman–Crippen MR) is 145 cm³/mol. The molecule has 0 N–H and O–H groups in total. The highest BCUT2D eigenvalue weighted by Crippen LogP contribution is 2.29. The van der Waals surface area contributed by atoms with Crippen molar-refractivity contribution in [3.8, 4) is 0 Å². The van der Waals surface area contributed by atoms with E-state index in [1.165, 1.54) is 33.5 Å². The fourth-order valence-electron chi connectivity index (χ4n) is 4.90. The summed E-state index contributed by atoms with van der Waals surface area (Å²) in [5.74, 6) is 0.736. The van der Waals surface area contributed by atoms with Gasteiger partial charge in [0.25, 0.3) is 5.56 Å². The molecule has 1 atom stereocenters. The fraction of sp³-hybridized carbons (Fsp3) is 0.367. The highest BCUT2D eigenvalue weighted by atomic mass is 16.1. The number of rotatable bonds is 5. The summed E-state index contributed by atoms with van der Waals surface area (Å²) in [5, 5.41) is 0. The molecule has 0 aromatic carbocycles. The Kier molecular flexibility index (Phi) is 7.46. The number of hydrogen-bond acceptors (Lipinski definition) is 4. The Morgan fingerprint density at radius 2 is 1.94 bits per heavy atom. The standard InChI is InChI=1S/C30H36N4O/c1-7-9-28(22(4)23(5)30-32-21(3)16-29(35)33(30)6)34-15-14-27-26(19-34)17-25(18-31-27)24-11-8-10-20(2)12-13-24/h7,9-13,16-18,28H,8,14-15,19H2,1-6H3/b9-7-,23-22-. The summed E-state index contributed by atoms with van der Waals surface area (Å²) < 4.78 is 1.64. The molecule has 0 spiro atoms. The maximum atomic E-state index is 12.4. The third kappa shape index (κ3) is 5.35. The van der Waals surface area contributed by atoms with Gasteiger partial charge in [0.2, 0.25) is 0 Å². The van der Waals surface area contributed by atoms with Gasteiger partial charge in [-0.25, -0.2) is 4.98 Å². The third-order valence-corrected chi connectivity index (χ3v) is 7.11. The van der Waals surface area contributed by atoms with Crippen molar-refractivity contribution in [2.75, 3.05) is 6.54 Å². The van der Waals surface area contributed by atoms with Crippen LogP contribution in [-0.4, -0.2) is 32.0 Å². The second-order valence-corrected chi connectivity index (χ2v) is 9.62. The van der Waals surface area contributed by atoms with Gasteiger partial charge < -0.3 is 0 Å². The summed E-state index contributed by atoms with van der Waals surface area (Å²) >= 11 is 0. The van der Waals surface area contributed by atoms with Crippen molar-refractivity contribution in [1.29, 1.82) is 0 Å². The normalized spacial score (nSPS) is 18.0. The zero-order valence-electron chi connectivity index (χ0n) is 21.8. The number of hydrogen-bond donors (Lipinski definition) is 0. The number of nitrogens with zero attached hydrogens (tertiary/aromatic N) is 4. The van der Waals surface area contributed by atoms with Crippen molar-refractivity contribution >= 4 is 11.1 Å². The topological polar surface area (TPSA) is 51.0 Å². The summed E-state index contributed by atoms with van der Waals surface area (Å²) in [6, 6.07) is 4.02. The average Bonchev–Trinajstić information content (AvgIpc) is 3.07. The number of fused-ring (bicyclic) bond motifs is 1. The Morgan fingerprint density at radius 3 is 2.71 bits per heavy atom. The summed E-state index contributed by atoms with van der Waals surface area (Å²) in [5.41, 5.74) is 9.15. The first-order chi connectivity index (χ1) is 16.8. The summed E-state index contributed by atoms with van der Waals surface area (Å²) in [4.78, 5) is 24.4. The first-order valence-electron chi connectivity index (χ1n) is 12.4. The van der Waals surface area contributed by atoms with Gasteiger partial charge in [-0.3, -0.25) is 19.2 Å². The van der Waals surface area contributed by atoms with Crippen molar-refractivity contribution in [2.45, 2.75) is 60.0 Å². The Bertz CT molecular complexity index is 1340. The molecule has 2 aliphatic rings. The maximum absolute atomic E-state index is 12.4. The molecule has 182 valence electrons. The number of allylic oxidation sites excluding steroid dienone is 8. The Hall–Kier alpha value is -3.31. The lowest BCUT2D eigenvalue weighted by Crippen LogP contribution is -2.39. The van der Waals surface area contributed by atoms with Crippen LogP contribution in [0, 0.1) is 6.92 Å². The van der Waals surface area contributed by atoms with Crippen molar-refractivity contribution in [3.05, 3.63) is 105 Å². The summed E-state index contributed by atoms with van der Waals surface area (Å²) in [6.07, 6.45) is 17.1. The van der Waals surface area contributed by atoms with E-state index in [2.05, 4.69) is 75.1 Å². The van der Waals surface area contributed by atoms with Gasteiger partial charge in [-0.2, -0.15) is 0 Å². The average molecular weight is 469 g/mol. The molecule has 4 rings (SSSR count). The Labute approximate surface area is 208 Å². The maximum Gasteiger partial charge on any atom is 0.253 e. The van der Waals surface area contributed by atoms with Crippen molar-refractivity contribution in [3.63, 3.8) is 0 Å². The minimum absolute atomic E-state index is 0.0278. The van der Waals surface area contributed by atoms with Crippen LogP contribution in [0.25, 0.3) is 11.1 Å². The van der Waals surface area contributed by atoms with Crippen molar-refractivity contribution < 1.29 is 0 Å². The first-order valence-corrected chi connectivity index (χ1v) is 12.4. The molecule has 2 aromatic rings. The molecule has 0 fully saturated rings. The largest absolute Gasteiger partial charge is 0.296 e. The summed E-state index contributed by atoms with van der Waals surface area (Å²) in [7, 11) is 1.80. The van der Waals surface area contributed by atoms with E-state index in [4.69, 9.17) is 9.97 Å². The van der Waals surface area contributed by atoms with Gasteiger partial charge in [0.15, 0.2) is 0 Å². The van der Waals surface area contributed by atoms with E-state index in [1.54, 1.807) is 17.7 Å². The van der Waals surface area contributed by atoms with Gasteiger partial charge in [0.05, 0.1) is 0 Å². The second-order valence-electron chi connectivity index (χ2n) is 9.62. The molecule has 0 saturated heterocycles. The van der Waals surface area contributed by atoms with Crippen LogP contribution in [0.15, 0.2) is 70.7 Å². The molecular weight excluding hydrogens is 432 g/mol. The van der Waals surface area contributed by atoms with E-state index in [9.17, 15) is 4.79 Å². The molecule has 0 amide bonds. The fourth-order valence-corrected chi connectivity index (χ4v) is 4.90. The molecule has 0 saturated carbocycles. The Balaban J connectivity index is 1.66. The molecule has 3 heterocycles. The molecular formula is C30H36N4O. The number of aromatic nitrogens is 3. The van der Waals surface area contributed by atoms with E-state index in [0.717, 1.165) is 43.0 Å². The SMILES string of the molecule is C/C=C\C(/C(C)=C(/C)c1nc(C)cc(=O)n1C)N1CCc2ncc(C3=CCC=C(C)C=C3)cc2C1. The highest BCUT2D eigenvalue weighted by Gasteiger charge is 2.26. The smallest absolute Gasteiger partial charge is 0.253 e. The molecule has 0 bridgehead atoms. The molecule has 5 nitrogen and oxygen atoms in total. The van der Waals surface area contributed by atoms with Gasteiger partial charge in [0.1, 0.15) is 5.82 Å². The van der Waals surface area contributed by atoms with Crippen LogP contribution < -0.4 is 5.56 Å². The van der Waals surface area contributed by atoms with E-state index in [0.29, 0.717) is 0 Å². The molecule has 1 aliphatic heterocycles. The quantitative estimate of drug-likeness (QED) is 0.539. The molecule has 5 heteroatoms. The second kappa shape index (κ2) is 10.5. The van der Waals surface area contributed by atoms with E-state index in [-0.39, 0.29) is 11.6 Å². The Morgan fingerprint density at radius 1 is 1.14 bits per heavy atom. The van der Waals surface area contributed by atoms with E-state index < -0.39 is 0 Å². The molecule has 2 aromatic heterocycles. The molecule has 35 heavy (non-hydrogen) atoms. The van der Waals surface area contributed by atoms with Crippen LogP contribution in [0.5, 0.6) is 0 Å². The van der Waals surface area contributed by atoms with E-state index in [1.807, 2.05) is 13.1 Å². The van der Waals surface area contributed by atoms with E-state index >= 15 is 0 Å². The van der Waals surface area contributed by atoms with Gasteiger partial charge in [-0.1, -0.05) is 42.0 Å². The molecule has 1 unspecified atom stereocenters. The van der Waals surface area contributed by atoms with Crippen LogP contribution in [0.3, 0.4) is 0 Å². The zero-order valence-corrected chi connectivity index (χ0v) is 21.8. The predicted octanol–water partition coefficient (Wildman–Crippen LogP) is 5.57. The highest BCUT2D eigenvalue weighted by molar-refractivity contribution is 5.75. The minimum Gasteiger partial charge on any atom is -0.296 e. The van der Waals surface area contributed by atoms with Gasteiger partial charge in [0, 0.05) is 61.8 Å². The van der Waals surface area contributed by atoms with Gasteiger partial charge >= 0.3 is 0 Å². The van der Waals surface area contributed by atoms with Crippen LogP contribution in [0.1, 0.15) is 62.5 Å². The third-order valence-electron chi connectivity index (χ3n) is 7.11. The lowest BCUT2D eigenvalue weighted by Gasteiger charge is -2.35. The summed E-state index contributed by atoms with van der Waals surface area (Å²) in [6.45, 7) is 12.1. The molecule has 1 aliphatic carbocycles. The van der Waals surface area contributed by atoms with Crippen molar-refractivity contribution in [2.24, 2.45) is 7.05 Å². The first kappa shape index (κ1) is 24.8. The monoisotopic (exact) mass is 468 g/mol.